The Labute approximate surface area is 345 Å². The van der Waals surface area contributed by atoms with Crippen LogP contribution in [0.1, 0.15) is 94.2 Å². The van der Waals surface area contributed by atoms with Crippen LogP contribution in [-0.4, -0.2) is 17.7 Å². The van der Waals surface area contributed by atoms with Crippen molar-refractivity contribution in [3.8, 4) is 5.75 Å². The van der Waals surface area contributed by atoms with E-state index in [1.807, 2.05) is 12.1 Å². The molecule has 2 heteroatoms. The van der Waals surface area contributed by atoms with Crippen LogP contribution in [0.2, 0.25) is 0 Å². The minimum absolute atomic E-state index is 0.0253. The maximum Gasteiger partial charge on any atom is 0.115 e. The molecule has 2 nitrogen and oxygen atoms in total. The number of hydrogen-bond acceptors (Lipinski definition) is 2. The van der Waals surface area contributed by atoms with E-state index in [2.05, 4.69) is 54.3 Å². The Balaban J connectivity index is 0.991. The van der Waals surface area contributed by atoms with Gasteiger partial charge < -0.3 is 10.0 Å². The van der Waals surface area contributed by atoms with Gasteiger partial charge in [0.15, 0.2) is 0 Å². The van der Waals surface area contributed by atoms with Gasteiger partial charge in [-0.05, 0) is 214 Å². The van der Waals surface area contributed by atoms with E-state index < -0.39 is 0 Å². The Morgan fingerprint density at radius 3 is 1.78 bits per heavy atom. The number of benzene rings is 9. The van der Waals surface area contributed by atoms with Crippen LogP contribution in [0.15, 0.2) is 54.6 Å². The smallest absolute Gasteiger partial charge is 0.115 e. The van der Waals surface area contributed by atoms with Crippen molar-refractivity contribution < 1.29 is 5.11 Å². The van der Waals surface area contributed by atoms with E-state index in [0.717, 1.165) is 25.8 Å². The van der Waals surface area contributed by atoms with Gasteiger partial charge in [0.2, 0.25) is 0 Å². The number of phenolic OH excluding ortho intramolecular Hbond substituents is 1. The van der Waals surface area contributed by atoms with Crippen LogP contribution in [-0.2, 0) is 18.3 Å². The summed E-state index contributed by atoms with van der Waals surface area (Å²) in [4.78, 5) is 2.88. The van der Waals surface area contributed by atoms with Crippen LogP contribution in [0.5, 0.6) is 5.75 Å². The molecule has 1 N–H and O–H groups in total. The second-order valence-corrected chi connectivity index (χ2v) is 21.0. The van der Waals surface area contributed by atoms with E-state index in [1.165, 1.54) is 91.4 Å². The zero-order valence-corrected chi connectivity index (χ0v) is 34.1. The molecule has 1 spiro atoms. The summed E-state index contributed by atoms with van der Waals surface area (Å²) in [6, 6.07) is 21.9. The number of phenols is 1. The lowest BCUT2D eigenvalue weighted by Crippen LogP contribution is -2.48. The summed E-state index contributed by atoms with van der Waals surface area (Å²) in [5, 5.41) is 48.9. The van der Waals surface area contributed by atoms with Crippen molar-refractivity contribution in [2.75, 3.05) is 11.4 Å². The standard InChI is InChI=1S/C58H43NO/c1-2-3-4-5-6-7-8-9-10-11-36-58-23-31-21-29-19-26-16-25-17-28-18-27-20-30-22-34(35(58)24-59(36)32-12-14-33(60)15-13-32)44-49-40(30)39(27)46-41(28)45-37(25)38(26)47-42(29)48-43(31)57(58)56(44)55-53(48)51(47)50(45)52(46)54(49)55/h12-19,21,35-36,60H,2-11,20,22-24H2,1H3. The number of rotatable bonds is 11. The molecule has 18 rings (SSSR count). The summed E-state index contributed by atoms with van der Waals surface area (Å²) in [6.07, 6.45) is 16.9. The second-order valence-electron chi connectivity index (χ2n) is 21.0. The summed E-state index contributed by atoms with van der Waals surface area (Å²) < 4.78 is 0. The summed E-state index contributed by atoms with van der Waals surface area (Å²) in [6.45, 7) is 3.39. The molecule has 0 amide bonds. The first-order valence-corrected chi connectivity index (χ1v) is 23.7. The minimum Gasteiger partial charge on any atom is -0.508 e. The highest BCUT2D eigenvalue weighted by atomic mass is 16.3. The molecule has 1 aliphatic heterocycles. The molecule has 5 aliphatic rings. The predicted octanol–water partition coefficient (Wildman–Crippen LogP) is 13.5. The maximum atomic E-state index is 10.6. The average molecular weight is 770 g/mol. The number of unbranched alkanes of at least 4 members (excludes halogenated alkanes) is 8. The van der Waals surface area contributed by atoms with Gasteiger partial charge in [0.1, 0.15) is 5.75 Å². The van der Waals surface area contributed by atoms with Crippen molar-refractivity contribution in [2.24, 2.45) is 5.92 Å². The SMILES string of the molecule is CCCCCCCCCCCC1N(c2ccc(O)cc2)CC2C3=c4c5c6c7c(cc8cc9cc%10cc%11cc%12c%13c(c4c4c5c5c7c8c7c9c%10c8c%11c%13c4c8c75)=C(C3)C%12)CC621. The number of aromatic hydroxyl groups is 1. The molecule has 0 aromatic heterocycles. The van der Waals surface area contributed by atoms with Gasteiger partial charge in [0.25, 0.3) is 0 Å². The van der Waals surface area contributed by atoms with Crippen LogP contribution >= 0.6 is 0 Å². The Bertz CT molecular complexity index is 4150. The molecule has 1 fully saturated rings. The Hall–Kier alpha value is -5.60. The number of hydrogen-bond donors (Lipinski definition) is 1. The van der Waals surface area contributed by atoms with E-state index in [-0.39, 0.29) is 5.41 Å². The van der Waals surface area contributed by atoms with E-state index >= 15 is 0 Å². The fourth-order valence-electron chi connectivity index (χ4n) is 17.1. The van der Waals surface area contributed by atoms with E-state index in [9.17, 15) is 5.11 Å². The highest BCUT2D eigenvalue weighted by Gasteiger charge is 2.62. The third-order valence-electron chi connectivity index (χ3n) is 18.7. The zero-order chi connectivity index (χ0) is 38.4. The molecule has 4 aliphatic carbocycles. The Morgan fingerprint density at radius 2 is 1.08 bits per heavy atom. The van der Waals surface area contributed by atoms with Crippen molar-refractivity contribution in [2.45, 2.75) is 102 Å². The van der Waals surface area contributed by atoms with Crippen LogP contribution < -0.4 is 15.3 Å². The predicted molar refractivity (Wildman–Crippen MR) is 254 cm³/mol. The van der Waals surface area contributed by atoms with Crippen molar-refractivity contribution in [3.63, 3.8) is 0 Å². The van der Waals surface area contributed by atoms with Gasteiger partial charge in [-0.2, -0.15) is 0 Å². The van der Waals surface area contributed by atoms with Gasteiger partial charge in [-0.1, -0.05) is 88.0 Å². The van der Waals surface area contributed by atoms with E-state index in [1.54, 1.807) is 135 Å². The Morgan fingerprint density at radius 1 is 0.533 bits per heavy atom. The van der Waals surface area contributed by atoms with Gasteiger partial charge in [0, 0.05) is 29.6 Å². The summed E-state index contributed by atoms with van der Waals surface area (Å²) >= 11 is 0. The molecule has 0 bridgehead atoms. The average Bonchev–Trinajstić information content (AvgIpc) is 4.11. The van der Waals surface area contributed by atoms with Gasteiger partial charge in [0.05, 0.1) is 0 Å². The Kier molecular flexibility index (Phi) is 4.73. The largest absolute Gasteiger partial charge is 0.508 e. The van der Waals surface area contributed by atoms with Crippen LogP contribution in [0, 0.1) is 5.92 Å². The number of nitrogens with zero attached hydrogens (tertiary/aromatic N) is 1. The van der Waals surface area contributed by atoms with Crippen molar-refractivity contribution in [1.82, 2.24) is 0 Å². The number of anilines is 1. The first kappa shape index (κ1) is 30.4. The monoisotopic (exact) mass is 769 g/mol. The summed E-state index contributed by atoms with van der Waals surface area (Å²) in [7, 11) is 0. The third kappa shape index (κ3) is 2.80. The lowest BCUT2D eigenvalue weighted by molar-refractivity contribution is 0.325. The van der Waals surface area contributed by atoms with Gasteiger partial charge in [-0.25, -0.2) is 0 Å². The highest BCUT2D eigenvalue weighted by molar-refractivity contribution is 6.63. The summed E-state index contributed by atoms with van der Waals surface area (Å²) in [5.74, 6) is 0.832. The molecule has 3 atom stereocenters. The fraction of sp³-hybridized carbons (Fsp3) is 0.310. The first-order valence-electron chi connectivity index (χ1n) is 23.7. The quantitative estimate of drug-likeness (QED) is 0.105. The van der Waals surface area contributed by atoms with E-state index in [0.29, 0.717) is 17.7 Å². The highest BCUT2D eigenvalue weighted by Crippen LogP contribution is 2.69. The zero-order valence-electron chi connectivity index (χ0n) is 34.1. The van der Waals surface area contributed by atoms with Gasteiger partial charge >= 0.3 is 0 Å². The molecule has 286 valence electrons. The molecule has 13 aromatic carbocycles. The third-order valence-corrected chi connectivity index (χ3v) is 18.7. The molecule has 0 radical (unpaired) electrons. The fourth-order valence-corrected chi connectivity index (χ4v) is 17.1. The topological polar surface area (TPSA) is 23.5 Å². The number of fused-ring (bicyclic) bond motifs is 1. The molecular weight excluding hydrogens is 727 g/mol. The van der Waals surface area contributed by atoms with Crippen LogP contribution in [0.4, 0.5) is 5.69 Å². The van der Waals surface area contributed by atoms with Crippen molar-refractivity contribution in [1.29, 1.82) is 0 Å². The van der Waals surface area contributed by atoms with Crippen molar-refractivity contribution >= 4 is 135 Å². The molecule has 0 saturated carbocycles. The minimum atomic E-state index is 0.0253. The summed E-state index contributed by atoms with van der Waals surface area (Å²) in [5.41, 5.74) is 9.81. The van der Waals surface area contributed by atoms with Crippen LogP contribution in [0.25, 0.3) is 130 Å². The lowest BCUT2D eigenvalue weighted by Gasteiger charge is -2.43. The van der Waals surface area contributed by atoms with Crippen molar-refractivity contribution in [3.05, 3.63) is 81.7 Å². The van der Waals surface area contributed by atoms with E-state index in [4.69, 9.17) is 0 Å². The molecule has 13 aromatic rings. The molecule has 60 heavy (non-hydrogen) atoms. The maximum absolute atomic E-state index is 10.6. The molecule has 3 unspecified atom stereocenters. The molecular formula is C58H43NO. The van der Waals surface area contributed by atoms with Gasteiger partial charge in [-0.3, -0.25) is 0 Å². The molecule has 1 saturated heterocycles. The molecule has 1 heterocycles. The van der Waals surface area contributed by atoms with Gasteiger partial charge in [-0.15, -0.1) is 0 Å². The second kappa shape index (κ2) is 9.32. The first-order chi connectivity index (χ1) is 29.7. The normalized spacial score (nSPS) is 22.2. The van der Waals surface area contributed by atoms with Crippen LogP contribution in [0.3, 0.4) is 0 Å². The lowest BCUT2D eigenvalue weighted by atomic mass is 9.60.